The Kier molecular flexibility index (Phi) is 9.23. The van der Waals surface area contributed by atoms with Crippen LogP contribution in [0.3, 0.4) is 0 Å². The molecule has 1 aliphatic carbocycles. The average Bonchev–Trinajstić information content (AvgIpc) is 3.69. The Hall–Kier alpha value is -4.78. The molecule has 0 radical (unpaired) electrons. The van der Waals surface area contributed by atoms with Gasteiger partial charge in [0.05, 0.1) is 30.5 Å². The second kappa shape index (κ2) is 14.0. The van der Waals surface area contributed by atoms with Gasteiger partial charge in [-0.2, -0.15) is 0 Å². The first kappa shape index (κ1) is 34.3. The maximum absolute atomic E-state index is 14.8. The summed E-state index contributed by atoms with van der Waals surface area (Å²) in [4.78, 5) is 26.8. The number of anilines is 4. The summed E-state index contributed by atoms with van der Waals surface area (Å²) in [6, 6.07) is 12.5. The van der Waals surface area contributed by atoms with Crippen LogP contribution in [0.2, 0.25) is 0 Å². The molecule has 2 fully saturated rings. The molecular formula is C37H34F3N7O3S2. The highest BCUT2D eigenvalue weighted by molar-refractivity contribution is 7.22. The molecule has 8 rings (SSSR count). The molecule has 10 nitrogen and oxygen atoms in total. The normalized spacial score (nSPS) is 18.8. The lowest BCUT2D eigenvalue weighted by molar-refractivity contribution is 0.0559. The van der Waals surface area contributed by atoms with Crippen LogP contribution >= 0.6 is 22.7 Å². The van der Waals surface area contributed by atoms with Crippen molar-refractivity contribution < 1.29 is 27.4 Å². The van der Waals surface area contributed by atoms with E-state index in [1.54, 1.807) is 17.4 Å². The van der Waals surface area contributed by atoms with Crippen molar-refractivity contribution >= 4 is 60.8 Å². The minimum absolute atomic E-state index is 0.0986. The molecule has 52 heavy (non-hydrogen) atoms. The number of fused-ring (bicyclic) bond motifs is 3. The summed E-state index contributed by atoms with van der Waals surface area (Å²) in [6.07, 6.45) is 2.66. The molecule has 3 aliphatic rings. The summed E-state index contributed by atoms with van der Waals surface area (Å²) in [7, 11) is 1.33. The van der Waals surface area contributed by atoms with Crippen LogP contribution in [0.5, 0.6) is 5.75 Å². The van der Waals surface area contributed by atoms with E-state index in [1.165, 1.54) is 30.6 Å². The first-order chi connectivity index (χ1) is 25.2. The summed E-state index contributed by atoms with van der Waals surface area (Å²) < 4.78 is 53.5. The number of alkyl halides is 2. The third kappa shape index (κ3) is 6.66. The Morgan fingerprint density at radius 1 is 1.12 bits per heavy atom. The lowest BCUT2D eigenvalue weighted by Gasteiger charge is -2.28. The summed E-state index contributed by atoms with van der Waals surface area (Å²) >= 11 is 2.95. The van der Waals surface area contributed by atoms with Crippen LogP contribution in [0.4, 0.5) is 35.1 Å². The van der Waals surface area contributed by atoms with Crippen LogP contribution in [-0.4, -0.2) is 76.9 Å². The number of thiazole rings is 2. The number of esters is 1. The first-order valence-electron chi connectivity index (χ1n) is 17.0. The fourth-order valence-corrected chi connectivity index (χ4v) is 8.86. The van der Waals surface area contributed by atoms with Crippen molar-refractivity contribution in [3.63, 3.8) is 0 Å². The number of carbonyl (C=O) groups excluding carboxylic acids is 1. The number of hydrogen-bond donors (Lipinski definition) is 1. The van der Waals surface area contributed by atoms with Gasteiger partial charge in [0.2, 0.25) is 0 Å². The lowest BCUT2D eigenvalue weighted by atomic mass is 10.0. The van der Waals surface area contributed by atoms with Crippen LogP contribution in [0.15, 0.2) is 42.5 Å². The maximum atomic E-state index is 14.8. The number of ether oxygens (including phenoxy) is 2. The topological polar surface area (TPSA) is 106 Å². The van der Waals surface area contributed by atoms with E-state index < -0.39 is 29.5 Å². The van der Waals surface area contributed by atoms with Crippen LogP contribution < -0.4 is 15.0 Å². The SMILES string of the molecule is COC(=O)c1nc(N2CCCc3c2nnc(Nc2nc4ccccc4s2)c3C)sc1CCCOc1ccc(C#CCN2C[C@@H]3[C@H](C2)C3(F)F)cc1F. The van der Waals surface area contributed by atoms with Gasteiger partial charge in [-0.15, -0.1) is 21.5 Å². The number of hydrogen-bond acceptors (Lipinski definition) is 12. The van der Waals surface area contributed by atoms with Gasteiger partial charge in [0.1, 0.15) is 0 Å². The van der Waals surface area contributed by atoms with Gasteiger partial charge in [-0.25, -0.2) is 27.9 Å². The highest BCUT2D eigenvalue weighted by Gasteiger charge is 2.71. The molecule has 0 amide bonds. The standard InChI is InChI=1S/C37H34F3N7O3S2/c1-21-23-9-6-16-47(33(23)45-44-32(21)43-35-41-27-10-3-4-11-29(27)51-35)36-42-31(34(48)49-2)30(52-36)12-7-17-50-28-14-13-22(18-26(28)38)8-5-15-46-19-24-25(20-46)37(24,39)40/h3-4,10-11,13-14,18,24-25H,6-7,9,12,15-17,19-20H2,1-2H3,(H,41,43,44)/t24-,25+. The van der Waals surface area contributed by atoms with Crippen LogP contribution in [0.1, 0.15) is 44.9 Å². The van der Waals surface area contributed by atoms with Gasteiger partial charge in [0.25, 0.3) is 5.92 Å². The number of likely N-dealkylation sites (tertiary alicyclic amines) is 1. The number of piperidine rings is 1. The largest absolute Gasteiger partial charge is 0.491 e. The minimum atomic E-state index is -2.52. The molecule has 1 N–H and O–H groups in total. The quantitative estimate of drug-likeness (QED) is 0.0900. The Morgan fingerprint density at radius 2 is 1.94 bits per heavy atom. The monoisotopic (exact) mass is 745 g/mol. The Morgan fingerprint density at radius 3 is 2.73 bits per heavy atom. The number of benzene rings is 2. The van der Waals surface area contributed by atoms with Gasteiger partial charge in [0.15, 0.2) is 39.2 Å². The number of rotatable bonds is 10. The summed E-state index contributed by atoms with van der Waals surface area (Å²) in [5.74, 6) is 2.65. The minimum Gasteiger partial charge on any atom is -0.491 e. The lowest BCUT2D eigenvalue weighted by Crippen LogP contribution is -2.27. The highest BCUT2D eigenvalue weighted by Crippen LogP contribution is 2.59. The molecule has 3 aromatic heterocycles. The van der Waals surface area contributed by atoms with E-state index in [4.69, 9.17) is 14.5 Å². The predicted molar refractivity (Wildman–Crippen MR) is 194 cm³/mol. The van der Waals surface area contributed by atoms with Crippen molar-refractivity contribution in [2.75, 3.05) is 50.1 Å². The van der Waals surface area contributed by atoms with E-state index in [2.05, 4.69) is 32.3 Å². The van der Waals surface area contributed by atoms with E-state index in [0.29, 0.717) is 61.4 Å². The van der Waals surface area contributed by atoms with Crippen LogP contribution in [0.25, 0.3) is 10.2 Å². The first-order valence-corrected chi connectivity index (χ1v) is 18.7. The molecule has 2 atom stereocenters. The number of aryl methyl sites for hydroxylation is 1. The molecule has 5 heterocycles. The van der Waals surface area contributed by atoms with Gasteiger partial charge < -0.3 is 19.7 Å². The van der Waals surface area contributed by atoms with E-state index in [9.17, 15) is 18.0 Å². The molecule has 5 aromatic rings. The summed E-state index contributed by atoms with van der Waals surface area (Å²) in [5, 5.41) is 13.9. The van der Waals surface area contributed by atoms with Crippen LogP contribution in [0, 0.1) is 36.4 Å². The molecular weight excluding hydrogens is 712 g/mol. The van der Waals surface area contributed by atoms with Crippen molar-refractivity contribution in [2.24, 2.45) is 11.8 Å². The Balaban J connectivity index is 0.901. The predicted octanol–water partition coefficient (Wildman–Crippen LogP) is 7.16. The fourth-order valence-electron chi connectivity index (χ4n) is 6.87. The van der Waals surface area contributed by atoms with Crippen molar-refractivity contribution in [1.82, 2.24) is 25.1 Å². The van der Waals surface area contributed by atoms with Crippen molar-refractivity contribution in [3.05, 3.63) is 75.5 Å². The number of methoxy groups -OCH3 is 1. The average molecular weight is 746 g/mol. The fraction of sp³-hybridized carbons (Fsp3) is 0.378. The molecule has 1 saturated heterocycles. The van der Waals surface area contributed by atoms with Crippen molar-refractivity contribution in [2.45, 2.75) is 38.5 Å². The maximum Gasteiger partial charge on any atom is 0.357 e. The number of nitrogens with one attached hydrogen (secondary N) is 1. The summed E-state index contributed by atoms with van der Waals surface area (Å²) in [5.41, 5.74) is 3.69. The van der Waals surface area contributed by atoms with Crippen LogP contribution in [-0.2, 0) is 17.6 Å². The number of nitrogens with zero attached hydrogens (tertiary/aromatic N) is 6. The molecule has 2 aromatic carbocycles. The third-order valence-electron chi connectivity index (χ3n) is 9.75. The van der Waals surface area contributed by atoms with Gasteiger partial charge in [0, 0.05) is 53.0 Å². The van der Waals surface area contributed by atoms with E-state index in [-0.39, 0.29) is 18.1 Å². The molecule has 1 saturated carbocycles. The van der Waals surface area contributed by atoms with Gasteiger partial charge in [-0.1, -0.05) is 35.3 Å². The highest BCUT2D eigenvalue weighted by atomic mass is 32.1. The van der Waals surface area contributed by atoms with Gasteiger partial charge in [-0.05, 0) is 62.9 Å². The Bertz CT molecular complexity index is 2190. The number of aromatic nitrogens is 4. The molecule has 2 aliphatic heterocycles. The zero-order chi connectivity index (χ0) is 36.0. The summed E-state index contributed by atoms with van der Waals surface area (Å²) in [6.45, 7) is 3.97. The van der Waals surface area contributed by atoms with Gasteiger partial charge in [-0.3, -0.25) is 4.90 Å². The van der Waals surface area contributed by atoms with E-state index >= 15 is 0 Å². The Labute approximate surface area is 306 Å². The number of para-hydroxylation sites is 1. The molecule has 0 spiro atoms. The second-order valence-electron chi connectivity index (χ2n) is 13.1. The van der Waals surface area contributed by atoms with Crippen molar-refractivity contribution in [3.8, 4) is 17.6 Å². The molecule has 0 bridgehead atoms. The smallest absolute Gasteiger partial charge is 0.357 e. The molecule has 15 heteroatoms. The molecule has 0 unspecified atom stereocenters. The third-order valence-corrected chi connectivity index (χ3v) is 11.8. The molecule has 268 valence electrons. The van der Waals surface area contributed by atoms with E-state index in [0.717, 1.165) is 44.2 Å². The zero-order valence-corrected chi connectivity index (χ0v) is 30.1. The van der Waals surface area contributed by atoms with Crippen molar-refractivity contribution in [1.29, 1.82) is 0 Å². The van der Waals surface area contributed by atoms with Gasteiger partial charge >= 0.3 is 5.97 Å². The zero-order valence-electron chi connectivity index (χ0n) is 28.4. The van der Waals surface area contributed by atoms with E-state index in [1.807, 2.05) is 41.0 Å². The second-order valence-corrected chi connectivity index (χ2v) is 15.2. The number of carbonyl (C=O) groups is 1. The number of halogens is 3.